The maximum atomic E-state index is 12.1. The fraction of sp³-hybridized carbons (Fsp3) is 0.316. The summed E-state index contributed by atoms with van der Waals surface area (Å²) >= 11 is 0. The highest BCUT2D eigenvalue weighted by Crippen LogP contribution is 2.15. The predicted molar refractivity (Wildman–Crippen MR) is 100 cm³/mol. The standard InChI is InChI=1S/C19H24N2O4S/c1-15(16-7-4-3-5-8-16)25-14-6-13-21-19(22)17-9-11-18(12-10-17)26(23,24)20-2/h3-5,7-12,15,20H,6,13-14H2,1-2H3,(H,21,22). The maximum absolute atomic E-state index is 12.1. The third-order valence-electron chi connectivity index (χ3n) is 3.94. The van der Waals surface area contributed by atoms with E-state index in [9.17, 15) is 13.2 Å². The van der Waals surface area contributed by atoms with Crippen molar-refractivity contribution in [3.05, 3.63) is 65.7 Å². The molecule has 0 spiro atoms. The van der Waals surface area contributed by atoms with Gasteiger partial charge in [0, 0.05) is 18.7 Å². The topological polar surface area (TPSA) is 84.5 Å². The van der Waals surface area contributed by atoms with E-state index in [1.807, 2.05) is 37.3 Å². The quantitative estimate of drug-likeness (QED) is 0.659. The van der Waals surface area contributed by atoms with Crippen molar-refractivity contribution in [1.29, 1.82) is 0 Å². The Labute approximate surface area is 154 Å². The third kappa shape index (κ3) is 5.66. The van der Waals surface area contributed by atoms with Crippen molar-refractivity contribution in [2.24, 2.45) is 0 Å². The van der Waals surface area contributed by atoms with Crippen LogP contribution in [0.4, 0.5) is 0 Å². The number of nitrogens with one attached hydrogen (secondary N) is 2. The van der Waals surface area contributed by atoms with Crippen LogP contribution in [-0.4, -0.2) is 34.5 Å². The summed E-state index contributed by atoms with van der Waals surface area (Å²) in [6, 6.07) is 15.8. The van der Waals surface area contributed by atoms with Gasteiger partial charge in [0.15, 0.2) is 0 Å². The minimum Gasteiger partial charge on any atom is -0.374 e. The molecule has 0 aromatic heterocycles. The number of ether oxygens (including phenoxy) is 1. The van der Waals surface area contributed by atoms with Gasteiger partial charge in [-0.05, 0) is 50.2 Å². The monoisotopic (exact) mass is 376 g/mol. The van der Waals surface area contributed by atoms with E-state index in [-0.39, 0.29) is 16.9 Å². The van der Waals surface area contributed by atoms with Gasteiger partial charge >= 0.3 is 0 Å². The summed E-state index contributed by atoms with van der Waals surface area (Å²) in [6.07, 6.45) is 0.698. The SMILES string of the molecule is CNS(=O)(=O)c1ccc(C(=O)NCCCOC(C)c2ccccc2)cc1. The predicted octanol–water partition coefficient (Wildman–Crippen LogP) is 2.49. The zero-order valence-corrected chi connectivity index (χ0v) is 15.8. The molecule has 140 valence electrons. The fourth-order valence-corrected chi connectivity index (χ4v) is 3.09. The van der Waals surface area contributed by atoms with Crippen molar-refractivity contribution in [3.63, 3.8) is 0 Å². The number of carbonyl (C=O) groups excluding carboxylic acids is 1. The minimum atomic E-state index is -3.49. The molecule has 0 radical (unpaired) electrons. The molecule has 0 aliphatic rings. The van der Waals surface area contributed by atoms with Gasteiger partial charge in [-0.25, -0.2) is 13.1 Å². The summed E-state index contributed by atoms with van der Waals surface area (Å²) in [6.45, 7) is 3.02. The molecule has 7 heteroatoms. The van der Waals surface area contributed by atoms with Gasteiger partial charge < -0.3 is 10.1 Å². The molecule has 0 aliphatic carbocycles. The van der Waals surface area contributed by atoms with Crippen molar-refractivity contribution in [2.75, 3.05) is 20.2 Å². The second-order valence-electron chi connectivity index (χ2n) is 5.77. The molecule has 2 aromatic rings. The maximum Gasteiger partial charge on any atom is 0.251 e. The molecule has 1 amide bonds. The normalized spacial score (nSPS) is 12.5. The molecule has 1 unspecified atom stereocenters. The first kappa shape index (κ1) is 20.1. The highest BCUT2D eigenvalue weighted by atomic mass is 32.2. The Hall–Kier alpha value is -2.22. The lowest BCUT2D eigenvalue weighted by Crippen LogP contribution is -2.25. The van der Waals surface area contributed by atoms with Crippen LogP contribution in [0.15, 0.2) is 59.5 Å². The van der Waals surface area contributed by atoms with E-state index in [4.69, 9.17) is 4.74 Å². The number of hydrogen-bond acceptors (Lipinski definition) is 4. The van der Waals surface area contributed by atoms with Gasteiger partial charge in [0.2, 0.25) is 10.0 Å². The first-order valence-corrected chi connectivity index (χ1v) is 9.90. The van der Waals surface area contributed by atoms with Crippen LogP contribution < -0.4 is 10.0 Å². The number of rotatable bonds is 9. The molecule has 0 bridgehead atoms. The Balaban J connectivity index is 1.73. The molecule has 1 atom stereocenters. The first-order valence-electron chi connectivity index (χ1n) is 8.42. The van der Waals surface area contributed by atoms with E-state index in [2.05, 4.69) is 10.0 Å². The summed E-state index contributed by atoms with van der Waals surface area (Å²) in [5, 5.41) is 2.80. The van der Waals surface area contributed by atoms with Gasteiger partial charge in [-0.1, -0.05) is 30.3 Å². The summed E-state index contributed by atoms with van der Waals surface area (Å²) in [5.74, 6) is -0.241. The van der Waals surface area contributed by atoms with Crippen LogP contribution in [0.25, 0.3) is 0 Å². The van der Waals surface area contributed by atoms with Crippen LogP contribution in [-0.2, 0) is 14.8 Å². The van der Waals surface area contributed by atoms with Crippen LogP contribution in [0.5, 0.6) is 0 Å². The molecule has 0 saturated carbocycles. The number of hydrogen-bond donors (Lipinski definition) is 2. The van der Waals surface area contributed by atoms with Gasteiger partial charge in [-0.2, -0.15) is 0 Å². The number of amides is 1. The van der Waals surface area contributed by atoms with Gasteiger partial charge in [0.1, 0.15) is 0 Å². The molecule has 6 nitrogen and oxygen atoms in total. The van der Waals surface area contributed by atoms with Crippen molar-refractivity contribution in [1.82, 2.24) is 10.0 Å². The van der Waals surface area contributed by atoms with E-state index in [1.165, 1.54) is 31.3 Å². The average Bonchev–Trinajstić information content (AvgIpc) is 2.68. The molecule has 2 rings (SSSR count). The van der Waals surface area contributed by atoms with E-state index in [0.29, 0.717) is 25.1 Å². The Morgan fingerprint density at radius 3 is 2.35 bits per heavy atom. The molecular formula is C19H24N2O4S. The van der Waals surface area contributed by atoms with Gasteiger partial charge in [-0.15, -0.1) is 0 Å². The molecule has 0 heterocycles. The second kappa shape index (κ2) is 9.47. The number of benzene rings is 2. The van der Waals surface area contributed by atoms with Gasteiger partial charge in [-0.3, -0.25) is 4.79 Å². The van der Waals surface area contributed by atoms with Gasteiger partial charge in [0.05, 0.1) is 11.0 Å². The second-order valence-corrected chi connectivity index (χ2v) is 7.65. The lowest BCUT2D eigenvalue weighted by atomic mass is 10.1. The zero-order valence-electron chi connectivity index (χ0n) is 14.9. The highest BCUT2D eigenvalue weighted by molar-refractivity contribution is 7.89. The Kier molecular flexibility index (Phi) is 7.32. The molecule has 0 aliphatic heterocycles. The van der Waals surface area contributed by atoms with Crippen molar-refractivity contribution < 1.29 is 17.9 Å². The van der Waals surface area contributed by atoms with Crippen molar-refractivity contribution >= 4 is 15.9 Å². The molecule has 0 saturated heterocycles. The van der Waals surface area contributed by atoms with E-state index < -0.39 is 10.0 Å². The molecular weight excluding hydrogens is 352 g/mol. The Bertz CT molecular complexity index is 805. The Morgan fingerprint density at radius 2 is 1.73 bits per heavy atom. The molecule has 26 heavy (non-hydrogen) atoms. The summed E-state index contributed by atoms with van der Waals surface area (Å²) in [7, 11) is -2.15. The van der Waals surface area contributed by atoms with Crippen LogP contribution >= 0.6 is 0 Å². The van der Waals surface area contributed by atoms with E-state index in [0.717, 1.165) is 5.56 Å². The lowest BCUT2D eigenvalue weighted by Gasteiger charge is -2.13. The summed E-state index contributed by atoms with van der Waals surface area (Å²) < 4.78 is 31.3. The van der Waals surface area contributed by atoms with E-state index in [1.54, 1.807) is 0 Å². The largest absolute Gasteiger partial charge is 0.374 e. The van der Waals surface area contributed by atoms with E-state index >= 15 is 0 Å². The number of sulfonamides is 1. The highest BCUT2D eigenvalue weighted by Gasteiger charge is 2.12. The van der Waals surface area contributed by atoms with Crippen LogP contribution in [0.2, 0.25) is 0 Å². The first-order chi connectivity index (χ1) is 12.4. The molecule has 0 fully saturated rings. The van der Waals surface area contributed by atoms with Crippen LogP contribution in [0.1, 0.15) is 35.4 Å². The number of carbonyl (C=O) groups is 1. The minimum absolute atomic E-state index is 0.00794. The van der Waals surface area contributed by atoms with Crippen molar-refractivity contribution in [2.45, 2.75) is 24.3 Å². The summed E-state index contributed by atoms with van der Waals surface area (Å²) in [4.78, 5) is 12.2. The Morgan fingerprint density at radius 1 is 1.08 bits per heavy atom. The molecule has 2 N–H and O–H groups in total. The molecule has 2 aromatic carbocycles. The third-order valence-corrected chi connectivity index (χ3v) is 5.37. The van der Waals surface area contributed by atoms with Crippen LogP contribution in [0.3, 0.4) is 0 Å². The average molecular weight is 376 g/mol. The zero-order chi connectivity index (χ0) is 19.0. The smallest absolute Gasteiger partial charge is 0.251 e. The lowest BCUT2D eigenvalue weighted by molar-refractivity contribution is 0.0635. The van der Waals surface area contributed by atoms with Gasteiger partial charge in [0.25, 0.3) is 5.91 Å². The fourth-order valence-electron chi connectivity index (χ4n) is 2.36. The van der Waals surface area contributed by atoms with Crippen molar-refractivity contribution in [3.8, 4) is 0 Å². The van der Waals surface area contributed by atoms with Crippen LogP contribution in [0, 0.1) is 0 Å². The summed E-state index contributed by atoms with van der Waals surface area (Å²) in [5.41, 5.74) is 1.53.